The van der Waals surface area contributed by atoms with Gasteiger partial charge in [-0.2, -0.15) is 0 Å². The van der Waals surface area contributed by atoms with E-state index in [0.717, 1.165) is 5.56 Å². The highest BCUT2D eigenvalue weighted by atomic mass is 16.7. The molecular formula is C14H18O3. The molecule has 0 radical (unpaired) electrons. The minimum atomic E-state index is -0.524. The zero-order chi connectivity index (χ0) is 12.7. The zero-order valence-electron chi connectivity index (χ0n) is 10.7. The molecule has 0 amide bonds. The standard InChI is InChI=1S/C14H18O3/c1-13(2,3)17-12(15)11-14(4,16-11)10-8-6-5-7-9-10/h5-9,11H,1-4H3/t11-,14+/m0/s1. The smallest absolute Gasteiger partial charge is 0.339 e. The van der Waals surface area contributed by atoms with E-state index in [9.17, 15) is 4.79 Å². The third kappa shape index (κ3) is 2.50. The molecule has 1 aliphatic heterocycles. The van der Waals surface area contributed by atoms with E-state index < -0.39 is 17.3 Å². The van der Waals surface area contributed by atoms with Gasteiger partial charge in [0, 0.05) is 0 Å². The number of rotatable bonds is 2. The second-order valence-corrected chi connectivity index (χ2v) is 5.50. The fourth-order valence-corrected chi connectivity index (χ4v) is 1.83. The van der Waals surface area contributed by atoms with Gasteiger partial charge >= 0.3 is 5.97 Å². The summed E-state index contributed by atoms with van der Waals surface area (Å²) < 4.78 is 10.8. The van der Waals surface area contributed by atoms with Gasteiger partial charge in [-0.1, -0.05) is 30.3 Å². The Morgan fingerprint density at radius 2 is 1.88 bits per heavy atom. The molecule has 2 rings (SSSR count). The van der Waals surface area contributed by atoms with Gasteiger partial charge in [0.1, 0.15) is 11.2 Å². The number of benzene rings is 1. The van der Waals surface area contributed by atoms with Crippen LogP contribution in [-0.2, 0) is 19.9 Å². The molecule has 2 atom stereocenters. The van der Waals surface area contributed by atoms with Crippen LogP contribution in [0.3, 0.4) is 0 Å². The summed E-state index contributed by atoms with van der Waals surface area (Å²) in [5, 5.41) is 0. The molecule has 92 valence electrons. The molecule has 1 aromatic carbocycles. The highest BCUT2D eigenvalue weighted by Gasteiger charge is 2.59. The molecular weight excluding hydrogens is 216 g/mol. The summed E-state index contributed by atoms with van der Waals surface area (Å²) in [6.45, 7) is 7.48. The summed E-state index contributed by atoms with van der Waals surface area (Å²) in [4.78, 5) is 11.9. The van der Waals surface area contributed by atoms with Crippen LogP contribution in [0.1, 0.15) is 33.3 Å². The average molecular weight is 234 g/mol. The van der Waals surface area contributed by atoms with Crippen LogP contribution >= 0.6 is 0 Å². The predicted octanol–water partition coefficient (Wildman–Crippen LogP) is 2.64. The maximum Gasteiger partial charge on any atom is 0.339 e. The molecule has 17 heavy (non-hydrogen) atoms. The fraction of sp³-hybridized carbons (Fsp3) is 0.500. The molecule has 3 nitrogen and oxygen atoms in total. The molecule has 0 unspecified atom stereocenters. The lowest BCUT2D eigenvalue weighted by atomic mass is 9.97. The molecule has 0 aromatic heterocycles. The number of hydrogen-bond acceptors (Lipinski definition) is 3. The van der Waals surface area contributed by atoms with Crippen LogP contribution in [-0.4, -0.2) is 17.7 Å². The van der Waals surface area contributed by atoms with Crippen molar-refractivity contribution in [1.29, 1.82) is 0 Å². The molecule has 0 N–H and O–H groups in total. The van der Waals surface area contributed by atoms with E-state index in [1.54, 1.807) is 0 Å². The summed E-state index contributed by atoms with van der Waals surface area (Å²) >= 11 is 0. The van der Waals surface area contributed by atoms with Crippen LogP contribution in [0.5, 0.6) is 0 Å². The van der Waals surface area contributed by atoms with Gasteiger partial charge < -0.3 is 9.47 Å². The van der Waals surface area contributed by atoms with Gasteiger partial charge in [0.05, 0.1) is 0 Å². The molecule has 1 aromatic rings. The Balaban J connectivity index is 2.07. The Labute approximate surface area is 102 Å². The van der Waals surface area contributed by atoms with E-state index in [2.05, 4.69) is 0 Å². The molecule has 1 fully saturated rings. The normalized spacial score (nSPS) is 27.6. The fourth-order valence-electron chi connectivity index (χ4n) is 1.83. The summed E-state index contributed by atoms with van der Waals surface area (Å²) in [5.74, 6) is -0.288. The third-order valence-electron chi connectivity index (χ3n) is 2.77. The maximum atomic E-state index is 11.9. The van der Waals surface area contributed by atoms with Gasteiger partial charge in [0.15, 0.2) is 6.10 Å². The third-order valence-corrected chi connectivity index (χ3v) is 2.77. The first kappa shape index (κ1) is 12.1. The van der Waals surface area contributed by atoms with Gasteiger partial charge in [-0.05, 0) is 33.3 Å². The van der Waals surface area contributed by atoms with Crippen LogP contribution in [0.4, 0.5) is 0 Å². The van der Waals surface area contributed by atoms with Crippen molar-refractivity contribution in [2.45, 2.75) is 45.0 Å². The Hall–Kier alpha value is -1.35. The van der Waals surface area contributed by atoms with Crippen molar-refractivity contribution < 1.29 is 14.3 Å². The lowest BCUT2D eigenvalue weighted by Crippen LogP contribution is -2.28. The minimum Gasteiger partial charge on any atom is -0.458 e. The second kappa shape index (κ2) is 3.84. The van der Waals surface area contributed by atoms with E-state index >= 15 is 0 Å². The Kier molecular flexibility index (Phi) is 2.74. The van der Waals surface area contributed by atoms with Gasteiger partial charge in [-0.25, -0.2) is 4.79 Å². The first-order valence-electron chi connectivity index (χ1n) is 5.79. The lowest BCUT2D eigenvalue weighted by molar-refractivity contribution is -0.156. The average Bonchev–Trinajstić information content (AvgIpc) is 2.92. The quantitative estimate of drug-likeness (QED) is 0.583. The molecule has 0 aliphatic carbocycles. The molecule has 1 aliphatic rings. The van der Waals surface area contributed by atoms with E-state index in [1.165, 1.54) is 0 Å². The van der Waals surface area contributed by atoms with Crippen LogP contribution < -0.4 is 0 Å². The molecule has 3 heteroatoms. The highest BCUT2D eigenvalue weighted by molar-refractivity contribution is 5.80. The summed E-state index contributed by atoms with van der Waals surface area (Å²) in [6.07, 6.45) is -0.482. The number of hydrogen-bond donors (Lipinski definition) is 0. The molecule has 0 saturated carbocycles. The topological polar surface area (TPSA) is 38.8 Å². The van der Waals surface area contributed by atoms with Gasteiger partial charge in [0.2, 0.25) is 0 Å². The van der Waals surface area contributed by atoms with Gasteiger partial charge in [0.25, 0.3) is 0 Å². The number of carbonyl (C=O) groups is 1. The molecule has 0 spiro atoms. The van der Waals surface area contributed by atoms with E-state index in [1.807, 2.05) is 58.0 Å². The number of esters is 1. The van der Waals surface area contributed by atoms with E-state index in [0.29, 0.717) is 0 Å². The van der Waals surface area contributed by atoms with Crippen molar-refractivity contribution in [1.82, 2.24) is 0 Å². The Morgan fingerprint density at radius 1 is 1.29 bits per heavy atom. The Morgan fingerprint density at radius 3 is 2.41 bits per heavy atom. The highest BCUT2D eigenvalue weighted by Crippen LogP contribution is 2.46. The SMILES string of the molecule is CC(C)(C)OC(=O)[C@@H]1O[C@]1(C)c1ccccc1. The van der Waals surface area contributed by atoms with Crippen LogP contribution in [0.25, 0.3) is 0 Å². The van der Waals surface area contributed by atoms with Crippen molar-refractivity contribution in [2.24, 2.45) is 0 Å². The van der Waals surface area contributed by atoms with Gasteiger partial charge in [-0.15, -0.1) is 0 Å². The molecule has 1 heterocycles. The second-order valence-electron chi connectivity index (χ2n) is 5.50. The monoisotopic (exact) mass is 234 g/mol. The van der Waals surface area contributed by atoms with Crippen LogP contribution in [0.15, 0.2) is 30.3 Å². The van der Waals surface area contributed by atoms with Crippen molar-refractivity contribution in [3.63, 3.8) is 0 Å². The minimum absolute atomic E-state index is 0.288. The van der Waals surface area contributed by atoms with Crippen molar-refractivity contribution in [2.75, 3.05) is 0 Å². The zero-order valence-corrected chi connectivity index (χ0v) is 10.7. The molecule has 0 bridgehead atoms. The van der Waals surface area contributed by atoms with Crippen LogP contribution in [0, 0.1) is 0 Å². The summed E-state index contributed by atoms with van der Waals surface area (Å²) in [5.41, 5.74) is 0.0142. The maximum absolute atomic E-state index is 11.9. The predicted molar refractivity (Wildman–Crippen MR) is 64.5 cm³/mol. The van der Waals surface area contributed by atoms with Crippen LogP contribution in [0.2, 0.25) is 0 Å². The lowest BCUT2D eigenvalue weighted by Gasteiger charge is -2.19. The number of carbonyl (C=O) groups excluding carboxylic acids is 1. The number of epoxide rings is 1. The molecule has 1 saturated heterocycles. The van der Waals surface area contributed by atoms with Crippen molar-refractivity contribution >= 4 is 5.97 Å². The van der Waals surface area contributed by atoms with Gasteiger partial charge in [-0.3, -0.25) is 0 Å². The van der Waals surface area contributed by atoms with Crippen molar-refractivity contribution in [3.05, 3.63) is 35.9 Å². The summed E-state index contributed by atoms with van der Waals surface area (Å²) in [7, 11) is 0. The first-order valence-corrected chi connectivity index (χ1v) is 5.79. The number of ether oxygens (including phenoxy) is 2. The Bertz CT molecular complexity index is 419. The van der Waals surface area contributed by atoms with Crippen molar-refractivity contribution in [3.8, 4) is 0 Å². The van der Waals surface area contributed by atoms with E-state index in [-0.39, 0.29) is 5.97 Å². The van der Waals surface area contributed by atoms with E-state index in [4.69, 9.17) is 9.47 Å². The first-order chi connectivity index (χ1) is 7.83. The summed E-state index contributed by atoms with van der Waals surface area (Å²) in [6, 6.07) is 9.75. The largest absolute Gasteiger partial charge is 0.458 e.